The smallest absolute Gasteiger partial charge is 0.416 e. The first-order valence-corrected chi connectivity index (χ1v) is 9.80. The highest BCUT2D eigenvalue weighted by atomic mass is 19.4. The fourth-order valence-electron chi connectivity index (χ4n) is 3.89. The minimum Gasteiger partial charge on any atom is -0.493 e. The highest BCUT2D eigenvalue weighted by Gasteiger charge is 2.32. The van der Waals surface area contributed by atoms with E-state index in [1.807, 2.05) is 12.1 Å². The van der Waals surface area contributed by atoms with Crippen molar-refractivity contribution in [2.75, 3.05) is 11.9 Å². The number of hydrogen-bond donors (Lipinski definition) is 1. The van der Waals surface area contributed by atoms with Gasteiger partial charge in [0, 0.05) is 30.2 Å². The minimum atomic E-state index is -4.46. The van der Waals surface area contributed by atoms with Crippen LogP contribution >= 0.6 is 0 Å². The fourth-order valence-corrected chi connectivity index (χ4v) is 3.89. The van der Waals surface area contributed by atoms with Crippen molar-refractivity contribution >= 4 is 23.0 Å². The molecule has 1 aliphatic heterocycles. The number of fused-ring (bicyclic) bond motifs is 2. The van der Waals surface area contributed by atoms with Gasteiger partial charge in [0.2, 0.25) is 5.91 Å². The topological polar surface area (TPSA) is 55.4 Å². The second-order valence-corrected chi connectivity index (χ2v) is 7.48. The molecular formula is C23H20F3NO3. The van der Waals surface area contributed by atoms with Crippen molar-refractivity contribution in [1.82, 2.24) is 0 Å². The Morgan fingerprint density at radius 3 is 2.73 bits per heavy atom. The lowest BCUT2D eigenvalue weighted by atomic mass is 9.89. The van der Waals surface area contributed by atoms with E-state index in [9.17, 15) is 22.8 Å². The molecule has 0 aromatic heterocycles. The molecule has 0 atom stereocenters. The van der Waals surface area contributed by atoms with Gasteiger partial charge in [-0.05, 0) is 54.2 Å². The Kier molecular flexibility index (Phi) is 5.37. The molecule has 0 fully saturated rings. The van der Waals surface area contributed by atoms with Crippen molar-refractivity contribution in [2.24, 2.45) is 0 Å². The molecule has 0 unspecified atom stereocenters. The lowest BCUT2D eigenvalue weighted by Gasteiger charge is -2.18. The summed E-state index contributed by atoms with van der Waals surface area (Å²) in [6.07, 6.45) is -0.502. The molecule has 30 heavy (non-hydrogen) atoms. The first-order valence-electron chi connectivity index (χ1n) is 9.80. The van der Waals surface area contributed by atoms with Crippen LogP contribution in [0.5, 0.6) is 5.75 Å². The average Bonchev–Trinajstić information content (AvgIpc) is 2.89. The summed E-state index contributed by atoms with van der Waals surface area (Å²) in [5.41, 5.74) is 2.80. The van der Waals surface area contributed by atoms with Gasteiger partial charge < -0.3 is 10.1 Å². The van der Waals surface area contributed by atoms with Crippen molar-refractivity contribution in [1.29, 1.82) is 0 Å². The number of halogens is 3. The quantitative estimate of drug-likeness (QED) is 0.706. The number of allylic oxidation sites excluding steroid dienone is 1. The van der Waals surface area contributed by atoms with Crippen molar-refractivity contribution in [3.8, 4) is 5.75 Å². The van der Waals surface area contributed by atoms with E-state index in [2.05, 4.69) is 5.32 Å². The van der Waals surface area contributed by atoms with Gasteiger partial charge in [0.15, 0.2) is 0 Å². The number of carbonyl (C=O) groups excluding carboxylic acids is 2. The predicted octanol–water partition coefficient (Wildman–Crippen LogP) is 4.96. The maximum absolute atomic E-state index is 13.0. The number of aryl methyl sites for hydroxylation is 1. The summed E-state index contributed by atoms with van der Waals surface area (Å²) in [6, 6.07) is 8.88. The molecule has 0 saturated carbocycles. The third-order valence-electron chi connectivity index (χ3n) is 5.39. The van der Waals surface area contributed by atoms with E-state index < -0.39 is 11.7 Å². The summed E-state index contributed by atoms with van der Waals surface area (Å²) in [5, 5.41) is 2.84. The van der Waals surface area contributed by atoms with Crippen LogP contribution < -0.4 is 10.1 Å². The molecule has 1 N–H and O–H groups in total. The summed E-state index contributed by atoms with van der Waals surface area (Å²) in [6.45, 7) is 0.279. The normalized spacial score (nSPS) is 17.6. The number of carbonyl (C=O) groups is 2. The SMILES string of the molecule is O=C1CCc2cccc(NC(=O)C=C3CCCOc4cc(C(F)(F)F)ccc43)c2C1. The zero-order valence-electron chi connectivity index (χ0n) is 16.1. The van der Waals surface area contributed by atoms with Gasteiger partial charge in [0.1, 0.15) is 11.5 Å². The Bertz CT molecular complexity index is 1040. The van der Waals surface area contributed by atoms with Crippen LogP contribution in [0.1, 0.15) is 41.5 Å². The molecule has 2 aliphatic rings. The second-order valence-electron chi connectivity index (χ2n) is 7.48. The molecule has 2 aromatic rings. The van der Waals surface area contributed by atoms with E-state index >= 15 is 0 Å². The Morgan fingerprint density at radius 1 is 1.10 bits per heavy atom. The molecule has 2 aromatic carbocycles. The molecule has 1 aliphatic carbocycles. The molecule has 4 nitrogen and oxygen atoms in total. The van der Waals surface area contributed by atoms with Gasteiger partial charge in [-0.2, -0.15) is 13.2 Å². The van der Waals surface area contributed by atoms with Crippen LogP contribution in [0.15, 0.2) is 42.5 Å². The van der Waals surface area contributed by atoms with Gasteiger partial charge in [0.05, 0.1) is 12.2 Å². The molecule has 0 spiro atoms. The van der Waals surface area contributed by atoms with Crippen molar-refractivity contribution in [3.05, 3.63) is 64.7 Å². The molecule has 0 radical (unpaired) electrons. The minimum absolute atomic E-state index is 0.129. The van der Waals surface area contributed by atoms with Crippen molar-refractivity contribution in [3.63, 3.8) is 0 Å². The van der Waals surface area contributed by atoms with Crippen LogP contribution in [-0.4, -0.2) is 18.3 Å². The number of anilines is 1. The van der Waals surface area contributed by atoms with E-state index in [4.69, 9.17) is 4.74 Å². The fraction of sp³-hybridized carbons (Fsp3) is 0.304. The summed E-state index contributed by atoms with van der Waals surface area (Å²) in [7, 11) is 0. The van der Waals surface area contributed by atoms with Gasteiger partial charge in [-0.15, -0.1) is 0 Å². The first-order chi connectivity index (χ1) is 14.3. The Hall–Kier alpha value is -3.09. The number of alkyl halides is 3. The van der Waals surface area contributed by atoms with Crippen LogP contribution in [-0.2, 0) is 28.6 Å². The largest absolute Gasteiger partial charge is 0.493 e. The highest BCUT2D eigenvalue weighted by Crippen LogP contribution is 2.38. The first kappa shape index (κ1) is 20.2. The zero-order chi connectivity index (χ0) is 21.3. The van der Waals surface area contributed by atoms with E-state index in [0.29, 0.717) is 48.9 Å². The van der Waals surface area contributed by atoms with Gasteiger partial charge in [0.25, 0.3) is 0 Å². The maximum atomic E-state index is 13.0. The Morgan fingerprint density at radius 2 is 1.93 bits per heavy atom. The lowest BCUT2D eigenvalue weighted by Crippen LogP contribution is -2.18. The highest BCUT2D eigenvalue weighted by molar-refractivity contribution is 6.05. The van der Waals surface area contributed by atoms with Crippen LogP contribution in [0.2, 0.25) is 0 Å². The molecule has 0 bridgehead atoms. The van der Waals surface area contributed by atoms with Gasteiger partial charge in [-0.1, -0.05) is 18.2 Å². The van der Waals surface area contributed by atoms with Crippen molar-refractivity contribution in [2.45, 2.75) is 38.3 Å². The summed E-state index contributed by atoms with van der Waals surface area (Å²) in [5.74, 6) is -0.119. The average molecular weight is 415 g/mol. The summed E-state index contributed by atoms with van der Waals surface area (Å²) >= 11 is 0. The number of nitrogens with one attached hydrogen (secondary N) is 1. The lowest BCUT2D eigenvalue weighted by molar-refractivity contribution is -0.137. The van der Waals surface area contributed by atoms with Crippen LogP contribution in [0.25, 0.3) is 5.57 Å². The Labute approximate surface area is 171 Å². The molecule has 1 amide bonds. The van der Waals surface area contributed by atoms with E-state index in [1.165, 1.54) is 12.1 Å². The van der Waals surface area contributed by atoms with E-state index in [1.54, 1.807) is 6.07 Å². The van der Waals surface area contributed by atoms with E-state index in [0.717, 1.165) is 23.3 Å². The number of benzene rings is 2. The van der Waals surface area contributed by atoms with Gasteiger partial charge >= 0.3 is 6.18 Å². The molecular weight excluding hydrogens is 395 g/mol. The number of ketones is 1. The van der Waals surface area contributed by atoms with Crippen LogP contribution in [0.3, 0.4) is 0 Å². The van der Waals surface area contributed by atoms with Gasteiger partial charge in [-0.25, -0.2) is 0 Å². The number of hydrogen-bond acceptors (Lipinski definition) is 3. The van der Waals surface area contributed by atoms with Crippen molar-refractivity contribution < 1.29 is 27.5 Å². The number of amides is 1. The molecule has 0 saturated heterocycles. The molecule has 4 rings (SSSR count). The van der Waals surface area contributed by atoms with Gasteiger partial charge in [-0.3, -0.25) is 9.59 Å². The molecule has 156 valence electrons. The van der Waals surface area contributed by atoms with E-state index in [-0.39, 0.29) is 24.0 Å². The number of Topliss-reactive ketones (excluding diaryl/α,β-unsaturated/α-hetero) is 1. The van der Waals surface area contributed by atoms with Crippen LogP contribution in [0.4, 0.5) is 18.9 Å². The third kappa shape index (κ3) is 4.25. The monoisotopic (exact) mass is 415 g/mol. The maximum Gasteiger partial charge on any atom is 0.416 e. The summed E-state index contributed by atoms with van der Waals surface area (Å²) in [4.78, 5) is 24.5. The molecule has 7 heteroatoms. The Balaban J connectivity index is 1.61. The van der Waals surface area contributed by atoms with Crippen LogP contribution in [0, 0.1) is 0 Å². The number of rotatable bonds is 2. The zero-order valence-corrected chi connectivity index (χ0v) is 16.1. The standard InChI is InChI=1S/C23H20F3NO3/c24-23(25,26)16-7-9-18-15(4-2-10-30-21(18)12-16)11-22(29)27-20-5-1-3-14-6-8-17(28)13-19(14)20/h1,3,5,7,9,11-12H,2,4,6,8,10,13H2,(H,27,29). The third-order valence-corrected chi connectivity index (χ3v) is 5.39. The molecule has 1 heterocycles. The predicted molar refractivity (Wildman–Crippen MR) is 106 cm³/mol. The number of ether oxygens (including phenoxy) is 1. The second kappa shape index (κ2) is 7.97. The summed E-state index contributed by atoms with van der Waals surface area (Å²) < 4.78 is 44.5.